The van der Waals surface area contributed by atoms with E-state index in [1.165, 1.54) is 11.1 Å². The van der Waals surface area contributed by atoms with Crippen molar-refractivity contribution in [2.45, 2.75) is 39.8 Å². The quantitative estimate of drug-likeness (QED) is 0.750. The molecule has 2 aromatic rings. The molecule has 0 saturated carbocycles. The largest absolute Gasteiger partial charge is 0.371 e. The Morgan fingerprint density at radius 1 is 1.32 bits per heavy atom. The van der Waals surface area contributed by atoms with Gasteiger partial charge in [0, 0.05) is 43.1 Å². The first-order chi connectivity index (χ1) is 12.0. The SMILES string of the molecule is Cc1n[nH]c(C)c1CNCc1ccc(N2CCC[C@@H](C(N)=O)C2)cc1. The number of hydrogen-bond acceptors (Lipinski definition) is 4. The van der Waals surface area contributed by atoms with Gasteiger partial charge in [0.25, 0.3) is 0 Å². The average molecular weight is 341 g/mol. The molecule has 1 saturated heterocycles. The van der Waals surface area contributed by atoms with Gasteiger partial charge in [0.2, 0.25) is 5.91 Å². The van der Waals surface area contributed by atoms with Crippen molar-refractivity contribution in [1.82, 2.24) is 15.5 Å². The Morgan fingerprint density at radius 2 is 2.08 bits per heavy atom. The number of amides is 1. The van der Waals surface area contributed by atoms with Crippen molar-refractivity contribution in [3.05, 3.63) is 46.8 Å². The monoisotopic (exact) mass is 341 g/mol. The van der Waals surface area contributed by atoms with E-state index in [2.05, 4.69) is 44.7 Å². The highest BCUT2D eigenvalue weighted by molar-refractivity contribution is 5.77. The topological polar surface area (TPSA) is 87.0 Å². The van der Waals surface area contributed by atoms with E-state index >= 15 is 0 Å². The van der Waals surface area contributed by atoms with Crippen LogP contribution in [0.3, 0.4) is 0 Å². The molecule has 1 aromatic carbocycles. The Morgan fingerprint density at radius 3 is 2.72 bits per heavy atom. The average Bonchev–Trinajstić information content (AvgIpc) is 2.94. The maximum Gasteiger partial charge on any atom is 0.222 e. The molecule has 0 spiro atoms. The third-order valence-corrected chi connectivity index (χ3v) is 5.04. The maximum absolute atomic E-state index is 11.4. The Balaban J connectivity index is 1.54. The molecule has 0 bridgehead atoms. The Hall–Kier alpha value is -2.34. The summed E-state index contributed by atoms with van der Waals surface area (Å²) in [6.45, 7) is 7.40. The Bertz CT molecular complexity index is 702. The normalized spacial score (nSPS) is 17.7. The van der Waals surface area contributed by atoms with Crippen LogP contribution in [0.25, 0.3) is 0 Å². The van der Waals surface area contributed by atoms with Crippen LogP contribution in [0, 0.1) is 19.8 Å². The molecule has 3 rings (SSSR count). The second-order valence-electron chi connectivity index (χ2n) is 6.87. The molecular weight excluding hydrogens is 314 g/mol. The molecule has 0 unspecified atom stereocenters. The van der Waals surface area contributed by atoms with Crippen molar-refractivity contribution in [3.63, 3.8) is 0 Å². The number of hydrogen-bond donors (Lipinski definition) is 3. The first kappa shape index (κ1) is 17.5. The number of aryl methyl sites for hydroxylation is 2. The van der Waals surface area contributed by atoms with Crippen molar-refractivity contribution >= 4 is 11.6 Å². The number of carbonyl (C=O) groups is 1. The van der Waals surface area contributed by atoms with Gasteiger partial charge < -0.3 is 16.0 Å². The number of primary amides is 1. The fourth-order valence-electron chi connectivity index (χ4n) is 3.43. The third-order valence-electron chi connectivity index (χ3n) is 5.04. The molecule has 0 aliphatic carbocycles. The summed E-state index contributed by atoms with van der Waals surface area (Å²) in [4.78, 5) is 13.7. The van der Waals surface area contributed by atoms with Crippen LogP contribution >= 0.6 is 0 Å². The predicted octanol–water partition coefficient (Wildman–Crippen LogP) is 2.02. The highest BCUT2D eigenvalue weighted by atomic mass is 16.1. The van der Waals surface area contributed by atoms with Gasteiger partial charge in [-0.1, -0.05) is 12.1 Å². The van der Waals surface area contributed by atoms with Crippen LogP contribution in [0.1, 0.15) is 35.4 Å². The van der Waals surface area contributed by atoms with E-state index in [1.54, 1.807) is 0 Å². The first-order valence-electron chi connectivity index (χ1n) is 8.89. The smallest absolute Gasteiger partial charge is 0.222 e. The zero-order valence-corrected chi connectivity index (χ0v) is 15.0. The van der Waals surface area contributed by atoms with E-state index in [1.807, 2.05) is 13.8 Å². The molecule has 25 heavy (non-hydrogen) atoms. The van der Waals surface area contributed by atoms with Gasteiger partial charge in [0.15, 0.2) is 0 Å². The summed E-state index contributed by atoms with van der Waals surface area (Å²) in [5.74, 6) is -0.216. The van der Waals surface area contributed by atoms with E-state index in [0.29, 0.717) is 0 Å². The fourth-order valence-corrected chi connectivity index (χ4v) is 3.43. The summed E-state index contributed by atoms with van der Waals surface area (Å²) >= 11 is 0. The summed E-state index contributed by atoms with van der Waals surface area (Å²) < 4.78 is 0. The molecule has 1 atom stereocenters. The molecule has 6 heteroatoms. The minimum absolute atomic E-state index is 0.0310. The van der Waals surface area contributed by atoms with Crippen molar-refractivity contribution in [2.75, 3.05) is 18.0 Å². The van der Waals surface area contributed by atoms with Gasteiger partial charge >= 0.3 is 0 Å². The summed E-state index contributed by atoms with van der Waals surface area (Å²) in [5, 5.41) is 10.7. The van der Waals surface area contributed by atoms with Crippen molar-refractivity contribution in [1.29, 1.82) is 0 Å². The number of aromatic amines is 1. The number of nitrogens with two attached hydrogens (primary N) is 1. The van der Waals surface area contributed by atoms with Gasteiger partial charge in [-0.15, -0.1) is 0 Å². The number of H-pyrrole nitrogens is 1. The van der Waals surface area contributed by atoms with Gasteiger partial charge in [-0.05, 0) is 44.4 Å². The number of anilines is 1. The molecule has 2 heterocycles. The van der Waals surface area contributed by atoms with Crippen LogP contribution in [-0.2, 0) is 17.9 Å². The molecule has 0 radical (unpaired) electrons. The minimum atomic E-state index is -0.185. The summed E-state index contributed by atoms with van der Waals surface area (Å²) in [6.07, 6.45) is 1.92. The molecule has 134 valence electrons. The molecule has 1 aliphatic heterocycles. The van der Waals surface area contributed by atoms with Gasteiger partial charge in [0.1, 0.15) is 0 Å². The summed E-state index contributed by atoms with van der Waals surface area (Å²) in [7, 11) is 0. The van der Waals surface area contributed by atoms with Crippen molar-refractivity contribution in [3.8, 4) is 0 Å². The second-order valence-corrected chi connectivity index (χ2v) is 6.87. The van der Waals surface area contributed by atoms with Crippen LogP contribution in [0.4, 0.5) is 5.69 Å². The molecule has 1 amide bonds. The number of rotatable bonds is 6. The zero-order valence-electron chi connectivity index (χ0n) is 15.0. The molecule has 1 aromatic heterocycles. The van der Waals surface area contributed by atoms with Crippen LogP contribution in [-0.4, -0.2) is 29.2 Å². The fraction of sp³-hybridized carbons (Fsp3) is 0.474. The number of nitrogens with one attached hydrogen (secondary N) is 2. The van der Waals surface area contributed by atoms with E-state index in [4.69, 9.17) is 5.73 Å². The van der Waals surface area contributed by atoms with Gasteiger partial charge in [-0.25, -0.2) is 0 Å². The second kappa shape index (κ2) is 7.70. The molecule has 1 fully saturated rings. The predicted molar refractivity (Wildman–Crippen MR) is 99.2 cm³/mol. The number of benzene rings is 1. The standard InChI is InChI=1S/C19H27N5O/c1-13-18(14(2)23-22-13)11-21-10-15-5-7-17(8-6-15)24-9-3-4-16(12-24)19(20)25/h5-8,16,21H,3-4,9-12H2,1-2H3,(H2,20,25)(H,22,23)/t16-/m1/s1. The van der Waals surface area contributed by atoms with Gasteiger partial charge in [-0.2, -0.15) is 5.10 Å². The van der Waals surface area contributed by atoms with Crippen LogP contribution in [0.2, 0.25) is 0 Å². The summed E-state index contributed by atoms with van der Waals surface area (Å²) in [5.41, 5.74) is 11.3. The number of carbonyl (C=O) groups excluding carboxylic acids is 1. The van der Waals surface area contributed by atoms with Crippen LogP contribution < -0.4 is 16.0 Å². The summed E-state index contributed by atoms with van der Waals surface area (Å²) in [6, 6.07) is 8.56. The van der Waals surface area contributed by atoms with Crippen molar-refractivity contribution in [2.24, 2.45) is 11.7 Å². The van der Waals surface area contributed by atoms with E-state index < -0.39 is 0 Å². The van der Waals surface area contributed by atoms with Crippen LogP contribution in [0.5, 0.6) is 0 Å². The highest BCUT2D eigenvalue weighted by Crippen LogP contribution is 2.23. The van der Waals surface area contributed by atoms with Gasteiger partial charge in [0.05, 0.1) is 11.6 Å². The lowest BCUT2D eigenvalue weighted by molar-refractivity contribution is -0.122. The first-order valence-corrected chi connectivity index (χ1v) is 8.89. The molecule has 6 nitrogen and oxygen atoms in total. The lowest BCUT2D eigenvalue weighted by Gasteiger charge is -2.33. The lowest BCUT2D eigenvalue weighted by Crippen LogP contribution is -2.41. The minimum Gasteiger partial charge on any atom is -0.371 e. The van der Waals surface area contributed by atoms with Gasteiger partial charge in [-0.3, -0.25) is 9.89 Å². The molecule has 4 N–H and O–H groups in total. The Labute approximate surface area is 148 Å². The highest BCUT2D eigenvalue weighted by Gasteiger charge is 2.23. The van der Waals surface area contributed by atoms with Crippen LogP contribution in [0.15, 0.2) is 24.3 Å². The van der Waals surface area contributed by atoms with E-state index in [9.17, 15) is 4.79 Å². The number of piperidine rings is 1. The number of nitrogens with zero attached hydrogens (tertiary/aromatic N) is 2. The van der Waals surface area contributed by atoms with E-state index in [0.717, 1.165) is 56.1 Å². The third kappa shape index (κ3) is 4.20. The molecular formula is C19H27N5O. The maximum atomic E-state index is 11.4. The number of aromatic nitrogens is 2. The zero-order chi connectivity index (χ0) is 17.8. The Kier molecular flexibility index (Phi) is 5.38. The molecule has 1 aliphatic rings. The van der Waals surface area contributed by atoms with Crippen molar-refractivity contribution < 1.29 is 4.79 Å². The van der Waals surface area contributed by atoms with E-state index in [-0.39, 0.29) is 11.8 Å². The lowest BCUT2D eigenvalue weighted by atomic mass is 9.97.